The van der Waals surface area contributed by atoms with E-state index in [0.717, 1.165) is 0 Å². The van der Waals surface area contributed by atoms with Crippen molar-refractivity contribution in [1.29, 1.82) is 0 Å². The summed E-state index contributed by atoms with van der Waals surface area (Å²) in [6, 6.07) is 8.47. The fraction of sp³-hybridized carbons (Fsp3) is 0.312. The van der Waals surface area contributed by atoms with Crippen LogP contribution in [0.2, 0.25) is 0 Å². The summed E-state index contributed by atoms with van der Waals surface area (Å²) < 4.78 is 9.00. The molecule has 1 aromatic carbocycles. The van der Waals surface area contributed by atoms with Crippen LogP contribution in [0.25, 0.3) is 0 Å². The van der Waals surface area contributed by atoms with Crippen molar-refractivity contribution < 1.29 is 14.3 Å². The largest absolute Gasteiger partial charge is 0.467 e. The van der Waals surface area contributed by atoms with Gasteiger partial charge >= 0.3 is 5.97 Å². The maximum Gasteiger partial charge on any atom is 0.328 e. The number of carbonyl (C=O) groups excluding carboxylic acids is 2. The number of rotatable bonds is 5. The van der Waals surface area contributed by atoms with E-state index in [1.54, 1.807) is 24.4 Å². The molecule has 0 saturated carbocycles. The van der Waals surface area contributed by atoms with Crippen LogP contribution in [0.5, 0.6) is 0 Å². The highest BCUT2D eigenvalue weighted by atomic mass is 32.1. The van der Waals surface area contributed by atoms with E-state index in [9.17, 15) is 9.59 Å². The molecule has 0 unspecified atom stereocenters. The van der Waals surface area contributed by atoms with Crippen LogP contribution in [0.15, 0.2) is 35.7 Å². The molecule has 5 nitrogen and oxygen atoms in total. The number of nitrogens with zero attached hydrogens (tertiary/aromatic N) is 2. The van der Waals surface area contributed by atoms with Gasteiger partial charge in [0.25, 0.3) is 5.91 Å². The highest BCUT2D eigenvalue weighted by molar-refractivity contribution is 7.04. The molecule has 1 heterocycles. The summed E-state index contributed by atoms with van der Waals surface area (Å²) >= 11 is 1.23. The Labute approximate surface area is 133 Å². The standard InChI is InChI=1S/C16H18N2O3S/c1-4-14(16(20)21-3)18(12-8-6-5-7-9-12)15(19)13-10-22-17-11(13)2/h5-10,14H,4H2,1-3H3/t14-/m0/s1. The van der Waals surface area contributed by atoms with Gasteiger partial charge in [-0.25, -0.2) is 4.79 Å². The molecule has 1 amide bonds. The van der Waals surface area contributed by atoms with Crippen molar-refractivity contribution in [2.45, 2.75) is 26.3 Å². The number of aryl methyl sites for hydroxylation is 1. The van der Waals surface area contributed by atoms with Gasteiger partial charge in [0.05, 0.1) is 18.4 Å². The lowest BCUT2D eigenvalue weighted by Crippen LogP contribution is -2.45. The third kappa shape index (κ3) is 3.17. The zero-order valence-electron chi connectivity index (χ0n) is 12.8. The molecule has 0 fully saturated rings. The molecular weight excluding hydrogens is 300 g/mol. The normalized spacial score (nSPS) is 11.8. The minimum atomic E-state index is -0.667. The van der Waals surface area contributed by atoms with Crippen molar-refractivity contribution in [2.75, 3.05) is 12.0 Å². The minimum absolute atomic E-state index is 0.241. The van der Waals surface area contributed by atoms with Crippen molar-refractivity contribution in [1.82, 2.24) is 4.37 Å². The summed E-state index contributed by atoms with van der Waals surface area (Å²) in [7, 11) is 1.33. The molecule has 116 valence electrons. The van der Waals surface area contributed by atoms with E-state index < -0.39 is 12.0 Å². The Hall–Kier alpha value is -2.21. The monoisotopic (exact) mass is 318 g/mol. The number of hydrogen-bond donors (Lipinski definition) is 0. The molecule has 0 aliphatic carbocycles. The zero-order valence-corrected chi connectivity index (χ0v) is 13.6. The number of hydrogen-bond acceptors (Lipinski definition) is 5. The molecule has 2 aromatic rings. The van der Waals surface area contributed by atoms with E-state index in [1.165, 1.54) is 23.5 Å². The Balaban J connectivity index is 2.48. The number of ether oxygens (including phenoxy) is 1. The maximum absolute atomic E-state index is 12.9. The van der Waals surface area contributed by atoms with E-state index in [2.05, 4.69) is 4.37 Å². The first kappa shape index (κ1) is 16.2. The number of amides is 1. The van der Waals surface area contributed by atoms with E-state index in [-0.39, 0.29) is 5.91 Å². The molecule has 1 aromatic heterocycles. The van der Waals surface area contributed by atoms with Gasteiger partial charge in [0, 0.05) is 11.1 Å². The Bertz CT molecular complexity index is 654. The van der Waals surface area contributed by atoms with Gasteiger partial charge in [0.1, 0.15) is 6.04 Å². The van der Waals surface area contributed by atoms with Gasteiger partial charge in [-0.3, -0.25) is 9.69 Å². The smallest absolute Gasteiger partial charge is 0.328 e. The van der Waals surface area contributed by atoms with Crippen molar-refractivity contribution in [2.24, 2.45) is 0 Å². The van der Waals surface area contributed by atoms with Gasteiger partial charge in [-0.2, -0.15) is 4.37 Å². The van der Waals surface area contributed by atoms with Crippen LogP contribution in [0.1, 0.15) is 29.4 Å². The number of para-hydroxylation sites is 1. The molecule has 0 spiro atoms. The van der Waals surface area contributed by atoms with Crippen LogP contribution in [0.4, 0.5) is 5.69 Å². The van der Waals surface area contributed by atoms with Crippen molar-refractivity contribution in [3.05, 3.63) is 47.0 Å². The quantitative estimate of drug-likeness (QED) is 0.795. The van der Waals surface area contributed by atoms with Gasteiger partial charge in [0.2, 0.25) is 0 Å². The van der Waals surface area contributed by atoms with Gasteiger partial charge < -0.3 is 4.74 Å². The molecule has 0 N–H and O–H groups in total. The molecule has 1 atom stereocenters. The van der Waals surface area contributed by atoms with Gasteiger partial charge in [0.15, 0.2) is 0 Å². The van der Waals surface area contributed by atoms with Crippen molar-refractivity contribution >= 4 is 29.1 Å². The SMILES string of the molecule is CC[C@@H](C(=O)OC)N(C(=O)c1csnc1C)c1ccccc1. The first-order chi connectivity index (χ1) is 10.6. The second-order valence-corrected chi connectivity index (χ2v) is 5.40. The molecule has 6 heteroatoms. The number of methoxy groups -OCH3 is 1. The van der Waals surface area contributed by atoms with Crippen LogP contribution in [-0.2, 0) is 9.53 Å². The molecule has 0 saturated heterocycles. The van der Waals surface area contributed by atoms with E-state index in [4.69, 9.17) is 4.74 Å². The number of anilines is 1. The third-order valence-corrected chi connectivity index (χ3v) is 4.13. The fourth-order valence-corrected chi connectivity index (χ4v) is 2.93. The van der Waals surface area contributed by atoms with E-state index >= 15 is 0 Å². The average molecular weight is 318 g/mol. The topological polar surface area (TPSA) is 59.5 Å². The highest BCUT2D eigenvalue weighted by Gasteiger charge is 2.32. The second kappa shape index (κ2) is 7.17. The van der Waals surface area contributed by atoms with Crippen molar-refractivity contribution in [3.63, 3.8) is 0 Å². The predicted molar refractivity (Wildman–Crippen MR) is 86.2 cm³/mol. The predicted octanol–water partition coefficient (Wildman–Crippen LogP) is 3.05. The average Bonchev–Trinajstić information content (AvgIpc) is 2.98. The molecule has 0 aliphatic heterocycles. The Kier molecular flexibility index (Phi) is 5.27. The fourth-order valence-electron chi connectivity index (χ4n) is 2.25. The maximum atomic E-state index is 12.9. The molecule has 0 aliphatic rings. The summed E-state index contributed by atoms with van der Waals surface area (Å²) in [6.07, 6.45) is 0.462. The summed E-state index contributed by atoms with van der Waals surface area (Å²) in [5.74, 6) is -0.671. The molecule has 22 heavy (non-hydrogen) atoms. The van der Waals surface area contributed by atoms with Gasteiger partial charge in [-0.1, -0.05) is 25.1 Å². The minimum Gasteiger partial charge on any atom is -0.467 e. The van der Waals surface area contributed by atoms with Crippen molar-refractivity contribution in [3.8, 4) is 0 Å². The van der Waals surface area contributed by atoms with Gasteiger partial charge in [-0.05, 0) is 37.0 Å². The molecule has 2 rings (SSSR count). The zero-order chi connectivity index (χ0) is 16.1. The van der Waals surface area contributed by atoms with Crippen LogP contribution in [0.3, 0.4) is 0 Å². The first-order valence-corrected chi connectivity index (χ1v) is 7.81. The van der Waals surface area contributed by atoms with Gasteiger partial charge in [-0.15, -0.1) is 0 Å². The Morgan fingerprint density at radius 1 is 1.32 bits per heavy atom. The Morgan fingerprint density at radius 3 is 2.50 bits per heavy atom. The Morgan fingerprint density at radius 2 is 2.00 bits per heavy atom. The first-order valence-electron chi connectivity index (χ1n) is 6.97. The summed E-state index contributed by atoms with van der Waals surface area (Å²) in [6.45, 7) is 3.63. The van der Waals surface area contributed by atoms with Crippen LogP contribution in [-0.4, -0.2) is 29.4 Å². The molecular formula is C16H18N2O3S. The lowest BCUT2D eigenvalue weighted by Gasteiger charge is -2.29. The lowest BCUT2D eigenvalue weighted by molar-refractivity contribution is -0.142. The lowest BCUT2D eigenvalue weighted by atomic mass is 10.1. The third-order valence-electron chi connectivity index (χ3n) is 3.41. The highest BCUT2D eigenvalue weighted by Crippen LogP contribution is 2.24. The summed E-state index contributed by atoms with van der Waals surface area (Å²) in [5.41, 5.74) is 1.84. The summed E-state index contributed by atoms with van der Waals surface area (Å²) in [5, 5.41) is 1.71. The van der Waals surface area contributed by atoms with Crippen LogP contribution in [0, 0.1) is 6.92 Å². The van der Waals surface area contributed by atoms with E-state index in [1.807, 2.05) is 25.1 Å². The molecule has 0 radical (unpaired) electrons. The number of esters is 1. The number of benzene rings is 1. The molecule has 0 bridgehead atoms. The van der Waals surface area contributed by atoms with Crippen LogP contribution >= 0.6 is 11.5 Å². The van der Waals surface area contributed by atoms with Crippen LogP contribution < -0.4 is 4.90 Å². The number of carbonyl (C=O) groups is 2. The van der Waals surface area contributed by atoms with E-state index in [0.29, 0.717) is 23.4 Å². The second-order valence-electron chi connectivity index (χ2n) is 4.77. The number of aromatic nitrogens is 1. The summed E-state index contributed by atoms with van der Waals surface area (Å²) in [4.78, 5) is 26.5.